The van der Waals surface area contributed by atoms with E-state index in [0.717, 1.165) is 42.5 Å². The first-order valence-corrected chi connectivity index (χ1v) is 8.78. The predicted octanol–water partition coefficient (Wildman–Crippen LogP) is 4.46. The fraction of sp³-hybridized carbons (Fsp3) is 0.667. The molecule has 21 heavy (non-hydrogen) atoms. The molecular formula is C18H27ClN2. The molecule has 0 unspecified atom stereocenters. The predicted molar refractivity (Wildman–Crippen MR) is 91.1 cm³/mol. The number of hydrogen-bond donors (Lipinski definition) is 1. The molecule has 2 aliphatic rings. The van der Waals surface area contributed by atoms with E-state index in [1.165, 1.54) is 36.9 Å². The Hall–Kier alpha value is -0.730. The van der Waals surface area contributed by atoms with Gasteiger partial charge in [0.25, 0.3) is 0 Å². The fourth-order valence-corrected chi connectivity index (χ4v) is 3.70. The van der Waals surface area contributed by atoms with E-state index in [2.05, 4.69) is 36.2 Å². The number of piperidine rings is 1. The SMILES string of the molecule is CC(C)C1CCN(c2c(Cl)cccc2CNC2CC2)CC1. The number of nitrogens with one attached hydrogen (secondary N) is 1. The van der Waals surface area contributed by atoms with Gasteiger partial charge in [-0.15, -0.1) is 0 Å². The first-order valence-electron chi connectivity index (χ1n) is 8.41. The van der Waals surface area contributed by atoms with Crippen molar-refractivity contribution in [1.29, 1.82) is 0 Å². The largest absolute Gasteiger partial charge is 0.370 e. The average Bonchev–Trinajstić information content (AvgIpc) is 3.29. The van der Waals surface area contributed by atoms with E-state index in [4.69, 9.17) is 11.6 Å². The summed E-state index contributed by atoms with van der Waals surface area (Å²) in [5, 5.41) is 4.53. The number of hydrogen-bond acceptors (Lipinski definition) is 2. The monoisotopic (exact) mass is 306 g/mol. The number of para-hydroxylation sites is 1. The molecule has 0 amide bonds. The van der Waals surface area contributed by atoms with Crippen LogP contribution in [0.25, 0.3) is 0 Å². The van der Waals surface area contributed by atoms with Crippen molar-refractivity contribution in [2.45, 2.75) is 52.1 Å². The van der Waals surface area contributed by atoms with E-state index in [1.807, 2.05) is 6.07 Å². The lowest BCUT2D eigenvalue weighted by Gasteiger charge is -2.36. The molecule has 1 saturated carbocycles. The van der Waals surface area contributed by atoms with E-state index in [9.17, 15) is 0 Å². The number of anilines is 1. The lowest BCUT2D eigenvalue weighted by Crippen LogP contribution is -2.36. The summed E-state index contributed by atoms with van der Waals surface area (Å²) in [6.45, 7) is 7.93. The highest BCUT2D eigenvalue weighted by Crippen LogP contribution is 2.35. The molecular weight excluding hydrogens is 280 g/mol. The van der Waals surface area contributed by atoms with Gasteiger partial charge in [0, 0.05) is 25.7 Å². The Balaban J connectivity index is 1.71. The molecule has 3 rings (SSSR count). The van der Waals surface area contributed by atoms with Crippen molar-refractivity contribution in [3.8, 4) is 0 Å². The van der Waals surface area contributed by atoms with Gasteiger partial charge in [-0.3, -0.25) is 0 Å². The Bertz CT molecular complexity index is 474. The van der Waals surface area contributed by atoms with Crippen molar-refractivity contribution in [3.63, 3.8) is 0 Å². The second-order valence-electron chi connectivity index (χ2n) is 6.97. The van der Waals surface area contributed by atoms with Crippen molar-refractivity contribution in [2.75, 3.05) is 18.0 Å². The molecule has 116 valence electrons. The molecule has 1 aromatic rings. The van der Waals surface area contributed by atoms with Gasteiger partial charge in [-0.2, -0.15) is 0 Å². The quantitative estimate of drug-likeness (QED) is 0.863. The Labute approximate surface area is 133 Å². The van der Waals surface area contributed by atoms with Crippen LogP contribution >= 0.6 is 11.6 Å². The Kier molecular flexibility index (Phi) is 4.75. The van der Waals surface area contributed by atoms with Crippen LogP contribution in [0.1, 0.15) is 45.1 Å². The van der Waals surface area contributed by atoms with E-state index < -0.39 is 0 Å². The first kappa shape index (κ1) is 15.2. The van der Waals surface area contributed by atoms with Gasteiger partial charge in [0.1, 0.15) is 0 Å². The summed E-state index contributed by atoms with van der Waals surface area (Å²) in [4.78, 5) is 2.51. The summed E-state index contributed by atoms with van der Waals surface area (Å²) >= 11 is 6.52. The Morgan fingerprint density at radius 3 is 2.52 bits per heavy atom. The van der Waals surface area contributed by atoms with Crippen molar-refractivity contribution in [3.05, 3.63) is 28.8 Å². The van der Waals surface area contributed by atoms with Crippen LogP contribution in [-0.4, -0.2) is 19.1 Å². The minimum atomic E-state index is 0.739. The lowest BCUT2D eigenvalue weighted by molar-refractivity contribution is 0.311. The van der Waals surface area contributed by atoms with E-state index in [1.54, 1.807) is 0 Å². The van der Waals surface area contributed by atoms with Crippen molar-refractivity contribution in [1.82, 2.24) is 5.32 Å². The van der Waals surface area contributed by atoms with Crippen LogP contribution in [0.15, 0.2) is 18.2 Å². The van der Waals surface area contributed by atoms with Crippen LogP contribution in [-0.2, 0) is 6.54 Å². The highest BCUT2D eigenvalue weighted by molar-refractivity contribution is 6.33. The molecule has 0 radical (unpaired) electrons. The summed E-state index contributed by atoms with van der Waals surface area (Å²) in [5.41, 5.74) is 2.63. The van der Waals surface area contributed by atoms with Gasteiger partial charge in [0.05, 0.1) is 10.7 Å². The lowest BCUT2D eigenvalue weighted by atomic mass is 9.86. The minimum absolute atomic E-state index is 0.739. The summed E-state index contributed by atoms with van der Waals surface area (Å²) < 4.78 is 0. The third-order valence-corrected chi connectivity index (χ3v) is 5.33. The zero-order valence-corrected chi connectivity index (χ0v) is 14.0. The first-order chi connectivity index (χ1) is 10.1. The maximum absolute atomic E-state index is 6.52. The highest BCUT2D eigenvalue weighted by atomic mass is 35.5. The molecule has 1 aliphatic carbocycles. The van der Waals surface area contributed by atoms with Gasteiger partial charge in [-0.05, 0) is 49.1 Å². The molecule has 0 spiro atoms. The molecule has 1 saturated heterocycles. The zero-order chi connectivity index (χ0) is 14.8. The van der Waals surface area contributed by atoms with Crippen LogP contribution in [0.5, 0.6) is 0 Å². The molecule has 1 aliphatic heterocycles. The van der Waals surface area contributed by atoms with E-state index in [-0.39, 0.29) is 0 Å². The van der Waals surface area contributed by atoms with Crippen LogP contribution in [0.4, 0.5) is 5.69 Å². The van der Waals surface area contributed by atoms with Gasteiger partial charge in [0.2, 0.25) is 0 Å². The fourth-order valence-electron chi connectivity index (χ4n) is 3.39. The van der Waals surface area contributed by atoms with Crippen molar-refractivity contribution in [2.24, 2.45) is 11.8 Å². The van der Waals surface area contributed by atoms with Crippen LogP contribution in [0.2, 0.25) is 5.02 Å². The second kappa shape index (κ2) is 6.58. The van der Waals surface area contributed by atoms with Gasteiger partial charge < -0.3 is 10.2 Å². The molecule has 0 aromatic heterocycles. The summed E-state index contributed by atoms with van der Waals surface area (Å²) in [6, 6.07) is 7.08. The number of rotatable bonds is 5. The normalized spacial score (nSPS) is 20.3. The van der Waals surface area contributed by atoms with Gasteiger partial charge in [-0.25, -0.2) is 0 Å². The smallest absolute Gasteiger partial charge is 0.0642 e. The molecule has 1 N–H and O–H groups in total. The van der Waals surface area contributed by atoms with Gasteiger partial charge >= 0.3 is 0 Å². The third kappa shape index (κ3) is 3.73. The van der Waals surface area contributed by atoms with E-state index >= 15 is 0 Å². The van der Waals surface area contributed by atoms with Crippen molar-refractivity contribution >= 4 is 17.3 Å². The summed E-state index contributed by atoms with van der Waals surface area (Å²) in [5.74, 6) is 1.67. The third-order valence-electron chi connectivity index (χ3n) is 5.03. The molecule has 3 heteroatoms. The van der Waals surface area contributed by atoms with Crippen LogP contribution in [0.3, 0.4) is 0 Å². The standard InChI is InChI=1S/C18H27ClN2/c1-13(2)14-8-10-21(11-9-14)18-15(4-3-5-17(18)19)12-20-16-6-7-16/h3-5,13-14,16,20H,6-12H2,1-2H3. The minimum Gasteiger partial charge on any atom is -0.370 e. The molecule has 2 nitrogen and oxygen atoms in total. The number of nitrogens with zero attached hydrogens (tertiary/aromatic N) is 1. The summed E-state index contributed by atoms with van der Waals surface area (Å²) in [7, 11) is 0. The Morgan fingerprint density at radius 1 is 1.19 bits per heavy atom. The highest BCUT2D eigenvalue weighted by Gasteiger charge is 2.25. The molecule has 1 heterocycles. The topological polar surface area (TPSA) is 15.3 Å². The second-order valence-corrected chi connectivity index (χ2v) is 7.38. The zero-order valence-electron chi connectivity index (χ0n) is 13.2. The number of benzene rings is 1. The van der Waals surface area contributed by atoms with Crippen molar-refractivity contribution < 1.29 is 0 Å². The van der Waals surface area contributed by atoms with E-state index in [0.29, 0.717) is 0 Å². The molecule has 0 atom stereocenters. The van der Waals surface area contributed by atoms with Gasteiger partial charge in [0.15, 0.2) is 0 Å². The average molecular weight is 307 g/mol. The number of halogens is 1. The molecule has 1 aromatic carbocycles. The Morgan fingerprint density at radius 2 is 1.90 bits per heavy atom. The van der Waals surface area contributed by atoms with Gasteiger partial charge in [-0.1, -0.05) is 37.6 Å². The van der Waals surface area contributed by atoms with Crippen LogP contribution in [0, 0.1) is 11.8 Å². The maximum atomic E-state index is 6.52. The van der Waals surface area contributed by atoms with Crippen LogP contribution < -0.4 is 10.2 Å². The molecule has 2 fully saturated rings. The summed E-state index contributed by atoms with van der Waals surface area (Å²) in [6.07, 6.45) is 5.24. The maximum Gasteiger partial charge on any atom is 0.0642 e. The molecule has 0 bridgehead atoms.